The highest BCUT2D eigenvalue weighted by molar-refractivity contribution is 5.84. The molecule has 3 aliphatic rings. The van der Waals surface area contributed by atoms with E-state index in [-0.39, 0.29) is 17.7 Å². The van der Waals surface area contributed by atoms with Crippen molar-refractivity contribution in [1.82, 2.24) is 14.7 Å². The molecule has 1 aromatic carbocycles. The van der Waals surface area contributed by atoms with Gasteiger partial charge in [0.1, 0.15) is 0 Å². The zero-order valence-electron chi connectivity index (χ0n) is 18.0. The molecule has 1 aromatic rings. The van der Waals surface area contributed by atoms with Gasteiger partial charge in [-0.1, -0.05) is 30.3 Å². The van der Waals surface area contributed by atoms with Gasteiger partial charge in [-0.05, 0) is 37.2 Å². The number of likely N-dealkylation sites (tertiary alicyclic amines) is 2. The molecule has 0 bridgehead atoms. The summed E-state index contributed by atoms with van der Waals surface area (Å²) in [6, 6.07) is 10.7. The fourth-order valence-electron chi connectivity index (χ4n) is 4.98. The summed E-state index contributed by atoms with van der Waals surface area (Å²) in [6.07, 6.45) is 4.47. The second-order valence-electron chi connectivity index (χ2n) is 8.99. The molecule has 1 unspecified atom stereocenters. The lowest BCUT2D eigenvalue weighted by Gasteiger charge is -2.38. The molecule has 1 atom stereocenters. The lowest BCUT2D eigenvalue weighted by Crippen LogP contribution is -2.50. The molecule has 30 heavy (non-hydrogen) atoms. The third-order valence-corrected chi connectivity index (χ3v) is 6.93. The van der Waals surface area contributed by atoms with Crippen molar-refractivity contribution in [3.05, 3.63) is 35.9 Å². The number of hydrogen-bond donors (Lipinski definition) is 0. The molecular formula is C24H35N3O3. The Balaban J connectivity index is 1.23. The molecule has 3 heterocycles. The van der Waals surface area contributed by atoms with Crippen LogP contribution >= 0.6 is 0 Å². The van der Waals surface area contributed by atoms with Gasteiger partial charge >= 0.3 is 0 Å². The number of carbonyl (C=O) groups is 2. The zero-order valence-corrected chi connectivity index (χ0v) is 18.0. The van der Waals surface area contributed by atoms with Gasteiger partial charge in [0.25, 0.3) is 0 Å². The number of piperidine rings is 2. The molecule has 2 amide bonds. The molecule has 3 fully saturated rings. The van der Waals surface area contributed by atoms with Crippen molar-refractivity contribution >= 4 is 11.8 Å². The number of hydrogen-bond acceptors (Lipinski definition) is 4. The van der Waals surface area contributed by atoms with Crippen molar-refractivity contribution in [2.45, 2.75) is 32.1 Å². The number of carbonyl (C=O) groups excluding carboxylic acids is 2. The largest absolute Gasteiger partial charge is 0.379 e. The SMILES string of the molecule is O=C1CCC(C(=O)N2CCC(Cc3ccccc3)CC2)CN1CCN1CCOCC1. The molecule has 6 nitrogen and oxygen atoms in total. The molecule has 4 rings (SSSR count). The molecule has 0 radical (unpaired) electrons. The Labute approximate surface area is 180 Å². The van der Waals surface area contributed by atoms with Crippen LogP contribution in [0.2, 0.25) is 0 Å². The average molecular weight is 414 g/mol. The van der Waals surface area contributed by atoms with Crippen LogP contribution in [0.1, 0.15) is 31.2 Å². The minimum atomic E-state index is -0.0296. The van der Waals surface area contributed by atoms with Crippen LogP contribution in [-0.2, 0) is 20.7 Å². The quantitative estimate of drug-likeness (QED) is 0.716. The van der Waals surface area contributed by atoms with E-state index in [1.165, 1.54) is 5.56 Å². The second kappa shape index (κ2) is 10.4. The Morgan fingerprint density at radius 2 is 1.70 bits per heavy atom. The summed E-state index contributed by atoms with van der Waals surface area (Å²) in [5.74, 6) is 1.10. The van der Waals surface area contributed by atoms with E-state index in [9.17, 15) is 9.59 Å². The summed E-state index contributed by atoms with van der Waals surface area (Å²) >= 11 is 0. The molecule has 6 heteroatoms. The Morgan fingerprint density at radius 1 is 0.967 bits per heavy atom. The second-order valence-corrected chi connectivity index (χ2v) is 8.99. The summed E-state index contributed by atoms with van der Waals surface area (Å²) in [7, 11) is 0. The Hall–Kier alpha value is -1.92. The van der Waals surface area contributed by atoms with Crippen molar-refractivity contribution in [2.75, 3.05) is 59.0 Å². The van der Waals surface area contributed by atoms with Crippen molar-refractivity contribution in [3.8, 4) is 0 Å². The Bertz CT molecular complexity index is 697. The summed E-state index contributed by atoms with van der Waals surface area (Å²) < 4.78 is 5.40. The number of morpholine rings is 1. The van der Waals surface area contributed by atoms with E-state index in [1.54, 1.807) is 0 Å². The summed E-state index contributed by atoms with van der Waals surface area (Å²) in [5, 5.41) is 0. The topological polar surface area (TPSA) is 53.1 Å². The monoisotopic (exact) mass is 413 g/mol. The first kappa shape index (κ1) is 21.3. The lowest BCUT2D eigenvalue weighted by molar-refractivity contribution is -0.144. The van der Waals surface area contributed by atoms with Crippen LogP contribution in [-0.4, -0.2) is 85.5 Å². The molecule has 3 saturated heterocycles. The number of ether oxygens (including phenoxy) is 1. The minimum Gasteiger partial charge on any atom is -0.379 e. The summed E-state index contributed by atoms with van der Waals surface area (Å²) in [6.45, 7) is 7.31. The highest BCUT2D eigenvalue weighted by atomic mass is 16.5. The third-order valence-electron chi connectivity index (χ3n) is 6.93. The maximum absolute atomic E-state index is 13.1. The Morgan fingerprint density at radius 3 is 2.43 bits per heavy atom. The van der Waals surface area contributed by atoms with Crippen molar-refractivity contribution in [3.63, 3.8) is 0 Å². The first-order valence-corrected chi connectivity index (χ1v) is 11.6. The molecular weight excluding hydrogens is 378 g/mol. The van der Waals surface area contributed by atoms with Crippen LogP contribution in [0.5, 0.6) is 0 Å². The summed E-state index contributed by atoms with van der Waals surface area (Å²) in [5.41, 5.74) is 1.39. The van der Waals surface area contributed by atoms with Crippen LogP contribution in [0, 0.1) is 11.8 Å². The van der Waals surface area contributed by atoms with Gasteiger partial charge in [-0.3, -0.25) is 14.5 Å². The van der Waals surface area contributed by atoms with Gasteiger partial charge in [0.05, 0.1) is 19.1 Å². The van der Waals surface area contributed by atoms with E-state index in [2.05, 4.69) is 40.1 Å². The van der Waals surface area contributed by atoms with E-state index in [0.717, 1.165) is 71.7 Å². The maximum Gasteiger partial charge on any atom is 0.227 e. The van der Waals surface area contributed by atoms with Crippen molar-refractivity contribution in [1.29, 1.82) is 0 Å². The zero-order chi connectivity index (χ0) is 20.8. The van der Waals surface area contributed by atoms with Gasteiger partial charge < -0.3 is 14.5 Å². The minimum absolute atomic E-state index is 0.0296. The van der Waals surface area contributed by atoms with E-state index in [4.69, 9.17) is 4.74 Å². The van der Waals surface area contributed by atoms with Crippen LogP contribution in [0.25, 0.3) is 0 Å². The van der Waals surface area contributed by atoms with Crippen LogP contribution in [0.3, 0.4) is 0 Å². The first-order valence-electron chi connectivity index (χ1n) is 11.6. The molecule has 0 spiro atoms. The highest BCUT2D eigenvalue weighted by Gasteiger charge is 2.34. The number of nitrogens with zero attached hydrogens (tertiary/aromatic N) is 3. The predicted molar refractivity (Wildman–Crippen MR) is 116 cm³/mol. The molecule has 0 saturated carbocycles. The number of benzene rings is 1. The average Bonchev–Trinajstić information content (AvgIpc) is 2.80. The van der Waals surface area contributed by atoms with E-state index in [1.807, 2.05) is 4.90 Å². The standard InChI is InChI=1S/C24H35N3O3/c28-23-7-6-22(19-27(23)13-12-25-14-16-30-17-15-25)24(29)26-10-8-21(9-11-26)18-20-4-2-1-3-5-20/h1-5,21-22H,6-19H2. The van der Waals surface area contributed by atoms with E-state index < -0.39 is 0 Å². The fourth-order valence-corrected chi connectivity index (χ4v) is 4.98. The molecule has 0 aliphatic carbocycles. The molecule has 3 aliphatic heterocycles. The number of rotatable bonds is 6. The van der Waals surface area contributed by atoms with E-state index in [0.29, 0.717) is 25.3 Å². The predicted octanol–water partition coefficient (Wildman–Crippen LogP) is 2.04. The fraction of sp³-hybridized carbons (Fsp3) is 0.667. The molecule has 0 N–H and O–H groups in total. The van der Waals surface area contributed by atoms with Gasteiger partial charge in [0, 0.05) is 52.2 Å². The molecule has 0 aromatic heterocycles. The van der Waals surface area contributed by atoms with Crippen LogP contribution in [0.4, 0.5) is 0 Å². The van der Waals surface area contributed by atoms with Crippen LogP contribution < -0.4 is 0 Å². The summed E-state index contributed by atoms with van der Waals surface area (Å²) in [4.78, 5) is 31.8. The highest BCUT2D eigenvalue weighted by Crippen LogP contribution is 2.25. The Kier molecular flexibility index (Phi) is 7.39. The smallest absolute Gasteiger partial charge is 0.227 e. The lowest BCUT2D eigenvalue weighted by atomic mass is 9.89. The number of amides is 2. The first-order chi connectivity index (χ1) is 14.7. The third kappa shape index (κ3) is 5.61. The van der Waals surface area contributed by atoms with Crippen molar-refractivity contribution in [2.24, 2.45) is 11.8 Å². The maximum atomic E-state index is 13.1. The van der Waals surface area contributed by atoms with Gasteiger partial charge in [0.2, 0.25) is 11.8 Å². The van der Waals surface area contributed by atoms with Gasteiger partial charge in [0.15, 0.2) is 0 Å². The normalized spacial score (nSPS) is 24.3. The van der Waals surface area contributed by atoms with E-state index >= 15 is 0 Å². The van der Waals surface area contributed by atoms with Gasteiger partial charge in [-0.15, -0.1) is 0 Å². The van der Waals surface area contributed by atoms with Gasteiger partial charge in [-0.2, -0.15) is 0 Å². The molecule has 164 valence electrons. The van der Waals surface area contributed by atoms with Crippen LogP contribution in [0.15, 0.2) is 30.3 Å². The van der Waals surface area contributed by atoms with Crippen molar-refractivity contribution < 1.29 is 14.3 Å². The van der Waals surface area contributed by atoms with Gasteiger partial charge in [-0.25, -0.2) is 0 Å².